The molecule has 1 nitrogen and oxygen atoms in total. The van der Waals surface area contributed by atoms with E-state index in [0.717, 1.165) is 6.54 Å². The van der Waals surface area contributed by atoms with Crippen molar-refractivity contribution in [3.05, 3.63) is 0 Å². The first-order valence-corrected chi connectivity index (χ1v) is 6.26. The lowest BCUT2D eigenvalue weighted by Gasteiger charge is -2.17. The van der Waals surface area contributed by atoms with Crippen LogP contribution in [0.4, 0.5) is 0 Å². The van der Waals surface area contributed by atoms with E-state index in [-0.39, 0.29) is 0 Å². The Hall–Kier alpha value is -0.0400. The summed E-state index contributed by atoms with van der Waals surface area (Å²) in [5, 5.41) is 0. The molecule has 0 rings (SSSR count). The molecule has 0 saturated carbocycles. The van der Waals surface area contributed by atoms with E-state index in [1.807, 2.05) is 27.7 Å². The van der Waals surface area contributed by atoms with Crippen LogP contribution in [0.1, 0.15) is 74.1 Å². The van der Waals surface area contributed by atoms with Crippen molar-refractivity contribution >= 4 is 0 Å². The molecule has 0 unspecified atom stereocenters. The largest absolute Gasteiger partial charge is 0.330 e. The highest BCUT2D eigenvalue weighted by molar-refractivity contribution is 4.60. The number of rotatable bonds is 4. The van der Waals surface area contributed by atoms with E-state index in [0.29, 0.717) is 5.41 Å². The zero-order valence-corrected chi connectivity index (χ0v) is 11.6. The van der Waals surface area contributed by atoms with Crippen LogP contribution in [-0.4, -0.2) is 6.54 Å². The van der Waals surface area contributed by atoms with Crippen LogP contribution >= 0.6 is 0 Å². The standard InChI is InChI=1S/C9H21N.2C2H6/c1-9(2,3)7-5-4-6-8-10;2*1-2/h4-8,10H2,1-3H3;2*1-2H3. The van der Waals surface area contributed by atoms with Crippen LogP contribution in [-0.2, 0) is 0 Å². The van der Waals surface area contributed by atoms with Gasteiger partial charge in [-0.1, -0.05) is 61.3 Å². The molecule has 0 heterocycles. The zero-order chi connectivity index (χ0) is 12.0. The molecule has 0 radical (unpaired) electrons. The van der Waals surface area contributed by atoms with E-state index >= 15 is 0 Å². The van der Waals surface area contributed by atoms with Crippen LogP contribution in [0.2, 0.25) is 0 Å². The van der Waals surface area contributed by atoms with Gasteiger partial charge in [0.15, 0.2) is 0 Å². The molecule has 0 aliphatic heterocycles. The van der Waals surface area contributed by atoms with E-state index in [2.05, 4.69) is 20.8 Å². The Morgan fingerprint density at radius 3 is 1.50 bits per heavy atom. The van der Waals surface area contributed by atoms with Crippen LogP contribution in [0.5, 0.6) is 0 Å². The van der Waals surface area contributed by atoms with Crippen molar-refractivity contribution < 1.29 is 0 Å². The monoisotopic (exact) mass is 203 g/mol. The summed E-state index contributed by atoms with van der Waals surface area (Å²) in [6.45, 7) is 15.7. The van der Waals surface area contributed by atoms with Crippen LogP contribution < -0.4 is 5.73 Å². The van der Waals surface area contributed by atoms with Crippen molar-refractivity contribution in [1.82, 2.24) is 0 Å². The molecule has 0 aliphatic carbocycles. The number of nitrogens with two attached hydrogens (primary N) is 1. The first-order valence-electron chi connectivity index (χ1n) is 6.26. The molecule has 0 amide bonds. The van der Waals surface area contributed by atoms with Crippen LogP contribution in [0.3, 0.4) is 0 Å². The van der Waals surface area contributed by atoms with Crippen LogP contribution in [0, 0.1) is 5.41 Å². The van der Waals surface area contributed by atoms with E-state index in [4.69, 9.17) is 5.73 Å². The Bertz CT molecular complexity index is 71.8. The Morgan fingerprint density at radius 1 is 0.786 bits per heavy atom. The second-order valence-electron chi connectivity index (χ2n) is 4.16. The van der Waals surface area contributed by atoms with Gasteiger partial charge in [-0.3, -0.25) is 0 Å². The SMILES string of the molecule is CC.CC.CC(C)(C)CCCCCN. The second-order valence-corrected chi connectivity index (χ2v) is 4.16. The van der Waals surface area contributed by atoms with Gasteiger partial charge in [-0.15, -0.1) is 0 Å². The average Bonchev–Trinajstić information content (AvgIpc) is 2.18. The highest BCUT2D eigenvalue weighted by Crippen LogP contribution is 2.21. The summed E-state index contributed by atoms with van der Waals surface area (Å²) in [7, 11) is 0. The summed E-state index contributed by atoms with van der Waals surface area (Å²) >= 11 is 0. The zero-order valence-electron chi connectivity index (χ0n) is 11.6. The predicted octanol–water partition coefficient (Wildman–Crippen LogP) is 4.60. The first-order chi connectivity index (χ1) is 6.56. The van der Waals surface area contributed by atoms with Gasteiger partial charge in [-0.2, -0.15) is 0 Å². The molecule has 0 atom stereocenters. The minimum Gasteiger partial charge on any atom is -0.330 e. The van der Waals surface area contributed by atoms with Crippen molar-refractivity contribution in [3.8, 4) is 0 Å². The van der Waals surface area contributed by atoms with E-state index in [9.17, 15) is 0 Å². The van der Waals surface area contributed by atoms with Crippen LogP contribution in [0.15, 0.2) is 0 Å². The molecule has 90 valence electrons. The molecular weight excluding hydrogens is 170 g/mol. The molecule has 0 bridgehead atoms. The third-order valence-corrected chi connectivity index (χ3v) is 1.63. The highest BCUT2D eigenvalue weighted by Gasteiger charge is 2.08. The maximum absolute atomic E-state index is 5.38. The van der Waals surface area contributed by atoms with Gasteiger partial charge in [0.2, 0.25) is 0 Å². The predicted molar refractivity (Wildman–Crippen MR) is 69.7 cm³/mol. The summed E-state index contributed by atoms with van der Waals surface area (Å²) in [6.07, 6.45) is 5.15. The van der Waals surface area contributed by atoms with Gasteiger partial charge in [-0.25, -0.2) is 0 Å². The van der Waals surface area contributed by atoms with E-state index in [1.165, 1.54) is 25.7 Å². The topological polar surface area (TPSA) is 26.0 Å². The molecule has 14 heavy (non-hydrogen) atoms. The minimum absolute atomic E-state index is 0.509. The van der Waals surface area contributed by atoms with Crippen molar-refractivity contribution in [2.75, 3.05) is 6.54 Å². The van der Waals surface area contributed by atoms with Gasteiger partial charge in [-0.05, 0) is 24.8 Å². The normalized spacial score (nSPS) is 9.43. The number of hydrogen-bond donors (Lipinski definition) is 1. The molecule has 0 aromatic carbocycles. The maximum atomic E-state index is 5.38. The van der Waals surface area contributed by atoms with Crippen molar-refractivity contribution in [2.45, 2.75) is 74.1 Å². The summed E-state index contributed by atoms with van der Waals surface area (Å²) in [5.74, 6) is 0. The molecule has 0 saturated heterocycles. The quantitative estimate of drug-likeness (QED) is 0.664. The fourth-order valence-corrected chi connectivity index (χ4v) is 0.976. The Balaban J connectivity index is -0.000000266. The molecule has 0 spiro atoms. The van der Waals surface area contributed by atoms with Gasteiger partial charge in [0, 0.05) is 0 Å². The third kappa shape index (κ3) is 29.7. The smallest absolute Gasteiger partial charge is 0.00773 e. The molecule has 0 aromatic rings. The summed E-state index contributed by atoms with van der Waals surface area (Å²) in [4.78, 5) is 0. The molecule has 0 aliphatic rings. The summed E-state index contributed by atoms with van der Waals surface area (Å²) < 4.78 is 0. The summed E-state index contributed by atoms with van der Waals surface area (Å²) in [5.41, 5.74) is 5.89. The number of unbranched alkanes of at least 4 members (excludes halogenated alkanes) is 2. The molecule has 2 N–H and O–H groups in total. The van der Waals surface area contributed by atoms with Crippen molar-refractivity contribution in [3.63, 3.8) is 0 Å². The number of hydrogen-bond acceptors (Lipinski definition) is 1. The van der Waals surface area contributed by atoms with Gasteiger partial charge >= 0.3 is 0 Å². The van der Waals surface area contributed by atoms with Crippen molar-refractivity contribution in [2.24, 2.45) is 11.1 Å². The Morgan fingerprint density at radius 2 is 1.21 bits per heavy atom. The van der Waals surface area contributed by atoms with Gasteiger partial charge < -0.3 is 5.73 Å². The van der Waals surface area contributed by atoms with Gasteiger partial charge in [0.05, 0.1) is 0 Å². The van der Waals surface area contributed by atoms with Gasteiger partial charge in [0.25, 0.3) is 0 Å². The fourth-order valence-electron chi connectivity index (χ4n) is 0.976. The average molecular weight is 203 g/mol. The van der Waals surface area contributed by atoms with E-state index < -0.39 is 0 Å². The molecule has 0 aromatic heterocycles. The second kappa shape index (κ2) is 15.4. The first kappa shape index (κ1) is 19.5. The highest BCUT2D eigenvalue weighted by atomic mass is 14.5. The maximum Gasteiger partial charge on any atom is -0.00773 e. The van der Waals surface area contributed by atoms with Crippen LogP contribution in [0.25, 0.3) is 0 Å². The van der Waals surface area contributed by atoms with Gasteiger partial charge in [0.1, 0.15) is 0 Å². The Labute approximate surface area is 92.5 Å². The molecule has 1 heteroatoms. The molecular formula is C13H33N. The lowest BCUT2D eigenvalue weighted by atomic mass is 9.89. The lowest BCUT2D eigenvalue weighted by Crippen LogP contribution is -2.05. The van der Waals surface area contributed by atoms with E-state index in [1.54, 1.807) is 0 Å². The van der Waals surface area contributed by atoms with Crippen molar-refractivity contribution in [1.29, 1.82) is 0 Å². The summed E-state index contributed by atoms with van der Waals surface area (Å²) in [6, 6.07) is 0. The minimum atomic E-state index is 0.509. The Kier molecular flexibility index (Phi) is 21.5. The fraction of sp³-hybridized carbons (Fsp3) is 1.00. The third-order valence-electron chi connectivity index (χ3n) is 1.63. The molecule has 0 fully saturated rings. The lowest BCUT2D eigenvalue weighted by molar-refractivity contribution is 0.358.